The van der Waals surface area contributed by atoms with Crippen molar-refractivity contribution in [2.75, 3.05) is 4.90 Å². The van der Waals surface area contributed by atoms with Gasteiger partial charge in [-0.25, -0.2) is 0 Å². The molecule has 2 nitrogen and oxygen atoms in total. The minimum atomic E-state index is 0.917. The SMILES string of the molecule is c1ccc(N(c2ccc(-c3cccc4c3oc3ccccc34)cc2)c2cc3ccccc3c3c2sc2ccccc23)cc1. The minimum Gasteiger partial charge on any atom is -0.455 e. The Labute approximate surface area is 252 Å². The lowest BCUT2D eigenvalue weighted by atomic mass is 10.0. The molecular weight excluding hydrogens is 543 g/mol. The van der Waals surface area contributed by atoms with Gasteiger partial charge in [0, 0.05) is 43.2 Å². The number of anilines is 3. The van der Waals surface area contributed by atoms with E-state index in [1.165, 1.54) is 36.6 Å². The number of hydrogen-bond donors (Lipinski definition) is 0. The zero-order valence-electron chi connectivity index (χ0n) is 23.2. The van der Waals surface area contributed by atoms with E-state index >= 15 is 0 Å². The molecule has 0 radical (unpaired) electrons. The highest BCUT2D eigenvalue weighted by Crippen LogP contribution is 2.48. The third-order valence-corrected chi connectivity index (χ3v) is 9.64. The van der Waals surface area contributed by atoms with Gasteiger partial charge >= 0.3 is 0 Å². The van der Waals surface area contributed by atoms with E-state index < -0.39 is 0 Å². The van der Waals surface area contributed by atoms with Crippen molar-refractivity contribution >= 4 is 81.3 Å². The van der Waals surface area contributed by atoms with E-state index in [2.05, 4.69) is 144 Å². The molecular formula is C40H25NOS. The third-order valence-electron chi connectivity index (χ3n) is 8.45. The quantitative estimate of drug-likeness (QED) is 0.210. The Kier molecular flexibility index (Phi) is 5.40. The van der Waals surface area contributed by atoms with Crippen molar-refractivity contribution in [1.82, 2.24) is 0 Å². The van der Waals surface area contributed by atoms with Crippen molar-refractivity contribution in [2.24, 2.45) is 0 Å². The van der Waals surface area contributed by atoms with Crippen LogP contribution in [0.3, 0.4) is 0 Å². The number of nitrogens with zero attached hydrogens (tertiary/aromatic N) is 1. The molecule has 0 amide bonds. The zero-order valence-corrected chi connectivity index (χ0v) is 24.0. The lowest BCUT2D eigenvalue weighted by Gasteiger charge is -2.27. The van der Waals surface area contributed by atoms with Gasteiger partial charge < -0.3 is 9.32 Å². The molecule has 2 heterocycles. The molecule has 3 heteroatoms. The Morgan fingerprint density at radius 2 is 1.19 bits per heavy atom. The summed E-state index contributed by atoms with van der Waals surface area (Å²) in [6, 6.07) is 54.1. The summed E-state index contributed by atoms with van der Waals surface area (Å²) < 4.78 is 8.96. The van der Waals surface area contributed by atoms with E-state index in [4.69, 9.17) is 4.42 Å². The van der Waals surface area contributed by atoms with Crippen molar-refractivity contribution in [1.29, 1.82) is 0 Å². The summed E-state index contributed by atoms with van der Waals surface area (Å²) in [4.78, 5) is 2.40. The first-order valence-corrected chi connectivity index (χ1v) is 15.3. The summed E-state index contributed by atoms with van der Waals surface area (Å²) in [5.41, 5.74) is 7.51. The monoisotopic (exact) mass is 567 g/mol. The predicted octanol–water partition coefficient (Wildman–Crippen LogP) is 12.2. The van der Waals surface area contributed by atoms with E-state index in [0.29, 0.717) is 0 Å². The van der Waals surface area contributed by atoms with Crippen LogP contribution in [0.1, 0.15) is 0 Å². The van der Waals surface area contributed by atoms with Crippen molar-refractivity contribution < 1.29 is 4.42 Å². The van der Waals surface area contributed by atoms with Gasteiger partial charge in [-0.15, -0.1) is 11.3 Å². The highest BCUT2D eigenvalue weighted by molar-refractivity contribution is 7.26. The van der Waals surface area contributed by atoms with Crippen LogP contribution in [-0.4, -0.2) is 0 Å². The van der Waals surface area contributed by atoms with Crippen LogP contribution in [0.2, 0.25) is 0 Å². The van der Waals surface area contributed by atoms with Crippen LogP contribution in [0.5, 0.6) is 0 Å². The van der Waals surface area contributed by atoms with Crippen LogP contribution in [-0.2, 0) is 0 Å². The maximum atomic E-state index is 6.36. The molecule has 9 aromatic rings. The largest absolute Gasteiger partial charge is 0.455 e. The summed E-state index contributed by atoms with van der Waals surface area (Å²) in [5.74, 6) is 0. The molecule has 0 fully saturated rings. The molecule has 2 aromatic heterocycles. The van der Waals surface area contributed by atoms with Crippen LogP contribution >= 0.6 is 11.3 Å². The van der Waals surface area contributed by atoms with Gasteiger partial charge in [-0.05, 0) is 58.8 Å². The Hall–Kier alpha value is -5.38. The first kappa shape index (κ1) is 24.2. The lowest BCUT2D eigenvalue weighted by Crippen LogP contribution is -2.10. The average molecular weight is 568 g/mol. The first-order valence-electron chi connectivity index (χ1n) is 14.5. The molecule has 0 saturated heterocycles. The Morgan fingerprint density at radius 1 is 0.512 bits per heavy atom. The van der Waals surface area contributed by atoms with E-state index in [-0.39, 0.29) is 0 Å². The molecule has 0 atom stereocenters. The summed E-state index contributed by atoms with van der Waals surface area (Å²) in [5, 5.41) is 7.45. The smallest absolute Gasteiger partial charge is 0.143 e. The average Bonchev–Trinajstić information content (AvgIpc) is 3.65. The van der Waals surface area contributed by atoms with E-state index in [1.54, 1.807) is 0 Å². The third kappa shape index (κ3) is 3.79. The number of para-hydroxylation sites is 3. The van der Waals surface area contributed by atoms with Gasteiger partial charge in [0.1, 0.15) is 11.2 Å². The first-order chi connectivity index (χ1) is 21.3. The molecule has 0 aliphatic heterocycles. The fraction of sp³-hybridized carbons (Fsp3) is 0. The number of thiophene rings is 1. The zero-order chi connectivity index (χ0) is 28.3. The lowest BCUT2D eigenvalue weighted by molar-refractivity contribution is 0.670. The number of rotatable bonds is 4. The highest BCUT2D eigenvalue weighted by atomic mass is 32.1. The normalized spacial score (nSPS) is 11.7. The Morgan fingerprint density at radius 3 is 2.05 bits per heavy atom. The van der Waals surface area contributed by atoms with E-state index in [0.717, 1.165) is 44.4 Å². The molecule has 0 aliphatic rings. The number of benzene rings is 7. The van der Waals surface area contributed by atoms with Gasteiger partial charge in [0.15, 0.2) is 0 Å². The van der Waals surface area contributed by atoms with E-state index in [9.17, 15) is 0 Å². The fourth-order valence-electron chi connectivity index (χ4n) is 6.49. The van der Waals surface area contributed by atoms with Crippen molar-refractivity contribution in [3.63, 3.8) is 0 Å². The molecule has 0 unspecified atom stereocenters. The molecule has 9 rings (SSSR count). The predicted molar refractivity (Wildman–Crippen MR) is 184 cm³/mol. The van der Waals surface area contributed by atoms with Gasteiger partial charge in [0.25, 0.3) is 0 Å². The van der Waals surface area contributed by atoms with Crippen LogP contribution in [0, 0.1) is 0 Å². The van der Waals surface area contributed by atoms with E-state index in [1.807, 2.05) is 23.5 Å². The highest BCUT2D eigenvalue weighted by Gasteiger charge is 2.20. The summed E-state index contributed by atoms with van der Waals surface area (Å²) in [6.07, 6.45) is 0. The molecule has 0 N–H and O–H groups in total. The van der Waals surface area contributed by atoms with Crippen LogP contribution in [0.15, 0.2) is 156 Å². The topological polar surface area (TPSA) is 16.4 Å². The van der Waals surface area contributed by atoms with Gasteiger partial charge in [0.2, 0.25) is 0 Å². The fourth-order valence-corrected chi connectivity index (χ4v) is 7.71. The maximum absolute atomic E-state index is 6.36. The number of hydrogen-bond acceptors (Lipinski definition) is 3. The van der Waals surface area contributed by atoms with Gasteiger partial charge in [0.05, 0.1) is 10.4 Å². The maximum Gasteiger partial charge on any atom is 0.143 e. The second-order valence-corrected chi connectivity index (χ2v) is 12.0. The van der Waals surface area contributed by atoms with Crippen molar-refractivity contribution in [2.45, 2.75) is 0 Å². The second-order valence-electron chi connectivity index (χ2n) is 10.9. The molecule has 7 aromatic carbocycles. The molecule has 0 saturated carbocycles. The number of furan rings is 1. The summed E-state index contributed by atoms with van der Waals surface area (Å²) >= 11 is 1.87. The van der Waals surface area contributed by atoms with Gasteiger partial charge in [-0.2, -0.15) is 0 Å². The Balaban J connectivity index is 1.26. The summed E-state index contributed by atoms with van der Waals surface area (Å²) in [7, 11) is 0. The van der Waals surface area contributed by atoms with Gasteiger partial charge in [-0.1, -0.05) is 109 Å². The van der Waals surface area contributed by atoms with Crippen molar-refractivity contribution in [3.05, 3.63) is 152 Å². The van der Waals surface area contributed by atoms with Crippen LogP contribution in [0.25, 0.3) is 64.0 Å². The molecule has 0 bridgehead atoms. The second kappa shape index (κ2) is 9.59. The van der Waals surface area contributed by atoms with Crippen LogP contribution < -0.4 is 4.90 Å². The van der Waals surface area contributed by atoms with Crippen molar-refractivity contribution in [3.8, 4) is 11.1 Å². The summed E-state index contributed by atoms with van der Waals surface area (Å²) in [6.45, 7) is 0. The molecule has 43 heavy (non-hydrogen) atoms. The van der Waals surface area contributed by atoms with Crippen LogP contribution in [0.4, 0.5) is 17.1 Å². The minimum absolute atomic E-state index is 0.917. The van der Waals surface area contributed by atoms with Gasteiger partial charge in [-0.3, -0.25) is 0 Å². The molecule has 0 spiro atoms. The standard InChI is InChI=1S/C40H25NOS/c1-2-12-28(13-3-1)41(35-25-27-11-4-5-14-30(27)38-34-16-7-9-20-37(34)43-40(35)38)29-23-21-26(22-24-29)31-17-10-18-33-32-15-6-8-19-36(32)42-39(31)33/h1-25H. The Bertz CT molecular complexity index is 2450. The number of fused-ring (bicyclic) bond motifs is 8. The molecule has 0 aliphatic carbocycles. The molecule has 202 valence electrons.